The summed E-state index contributed by atoms with van der Waals surface area (Å²) in [4.78, 5) is 25.5. The van der Waals surface area contributed by atoms with Crippen LogP contribution < -0.4 is 10.6 Å². The first-order valence-corrected chi connectivity index (χ1v) is 12.2. The summed E-state index contributed by atoms with van der Waals surface area (Å²) in [5, 5.41) is 21.0. The smallest absolute Gasteiger partial charge is 0.342 e. The highest BCUT2D eigenvalue weighted by Crippen LogP contribution is 2.42. The van der Waals surface area contributed by atoms with Crippen LogP contribution in [-0.2, 0) is 5.41 Å². The van der Waals surface area contributed by atoms with Gasteiger partial charge in [0.05, 0.1) is 11.4 Å². The molecule has 2 amide bonds. The van der Waals surface area contributed by atoms with Gasteiger partial charge >= 0.3 is 6.03 Å². The summed E-state index contributed by atoms with van der Waals surface area (Å²) in [7, 11) is 0. The molecule has 1 unspecified atom stereocenters. The molecule has 0 saturated heterocycles. The van der Waals surface area contributed by atoms with Crippen LogP contribution in [0.15, 0.2) is 48.5 Å². The number of aromatic hydroxyl groups is 1. The Hall–Kier alpha value is -3.61. The van der Waals surface area contributed by atoms with E-state index in [2.05, 4.69) is 36.5 Å². The highest BCUT2D eigenvalue weighted by molar-refractivity contribution is 6.04. The van der Waals surface area contributed by atoms with E-state index in [1.54, 1.807) is 24.3 Å². The van der Waals surface area contributed by atoms with Gasteiger partial charge in [0.1, 0.15) is 5.75 Å². The zero-order valence-corrected chi connectivity index (χ0v) is 21.1. The molecule has 0 spiro atoms. The number of nitrogens with zero attached hydrogens (tertiary/aromatic N) is 2. The minimum atomic E-state index is -0.256. The second-order valence-corrected chi connectivity index (χ2v) is 10.4. The lowest BCUT2D eigenvalue weighted by atomic mass is 9.87. The summed E-state index contributed by atoms with van der Waals surface area (Å²) in [6.07, 6.45) is 2.87. The summed E-state index contributed by atoms with van der Waals surface area (Å²) >= 11 is 0. The van der Waals surface area contributed by atoms with E-state index in [-0.39, 0.29) is 29.1 Å². The minimum absolute atomic E-state index is 0.0118. The predicted octanol–water partition coefficient (Wildman–Crippen LogP) is 6.04. The number of carbonyl (C=O) groups excluding carboxylic acids is 2. The highest BCUT2D eigenvalue weighted by Gasteiger charge is 2.31. The van der Waals surface area contributed by atoms with Crippen molar-refractivity contribution in [1.29, 1.82) is 0 Å². The van der Waals surface area contributed by atoms with Crippen molar-refractivity contribution in [2.45, 2.75) is 71.3 Å². The normalized spacial score (nSPS) is 14.4. The molecule has 1 saturated carbocycles. The Balaban J connectivity index is 1.53. The predicted molar refractivity (Wildman–Crippen MR) is 138 cm³/mol. The number of hydrogen-bond donors (Lipinski definition) is 3. The monoisotopic (exact) mass is 474 g/mol. The molecule has 1 fully saturated rings. The molecule has 184 valence electrons. The van der Waals surface area contributed by atoms with Crippen molar-refractivity contribution in [2.75, 3.05) is 5.32 Å². The molecule has 0 bridgehead atoms. The molecule has 3 aromatic rings. The number of aromatic nitrogens is 2. The summed E-state index contributed by atoms with van der Waals surface area (Å²) in [5.41, 5.74) is 4.08. The van der Waals surface area contributed by atoms with Crippen LogP contribution in [0.4, 0.5) is 10.5 Å². The Bertz CT molecular complexity index is 1230. The standard InChI is InChI=1S/C28H34N4O3/c1-6-17(2)29-27(35)32-24(18-7-8-18)16-23(31-32)22-14-13-21(15-25(22)33)30-26(34)19-9-11-20(12-10-19)28(3,4)5/h9-18,33H,6-8H2,1-5H3,(H,29,35)(H,30,34). The van der Waals surface area contributed by atoms with Gasteiger partial charge in [-0.2, -0.15) is 9.78 Å². The van der Waals surface area contributed by atoms with Gasteiger partial charge in [-0.15, -0.1) is 0 Å². The number of anilines is 1. The summed E-state index contributed by atoms with van der Waals surface area (Å²) < 4.78 is 1.43. The Labute approximate surface area is 206 Å². The number of rotatable bonds is 6. The average Bonchev–Trinajstić information content (AvgIpc) is 3.57. The molecule has 3 N–H and O–H groups in total. The quantitative estimate of drug-likeness (QED) is 0.406. The van der Waals surface area contributed by atoms with Gasteiger partial charge in [0.15, 0.2) is 0 Å². The third kappa shape index (κ3) is 5.56. The van der Waals surface area contributed by atoms with Crippen LogP contribution in [0.1, 0.15) is 81.4 Å². The molecule has 1 aliphatic rings. The van der Waals surface area contributed by atoms with Crippen molar-refractivity contribution >= 4 is 17.6 Å². The fourth-order valence-corrected chi connectivity index (χ4v) is 3.88. The van der Waals surface area contributed by atoms with Crippen molar-refractivity contribution in [3.8, 4) is 17.0 Å². The van der Waals surface area contributed by atoms with Crippen LogP contribution in [0, 0.1) is 0 Å². The Morgan fingerprint density at radius 1 is 1.11 bits per heavy atom. The van der Waals surface area contributed by atoms with Gasteiger partial charge in [-0.05, 0) is 67.5 Å². The molecule has 1 aromatic heterocycles. The SMILES string of the molecule is CCC(C)NC(=O)n1nc(-c2ccc(NC(=O)c3ccc(C(C)(C)C)cc3)cc2O)cc1C1CC1. The van der Waals surface area contributed by atoms with E-state index in [1.165, 1.54) is 10.7 Å². The fraction of sp³-hybridized carbons (Fsp3) is 0.393. The van der Waals surface area contributed by atoms with Gasteiger partial charge in [-0.1, -0.05) is 39.8 Å². The van der Waals surface area contributed by atoms with E-state index in [4.69, 9.17) is 0 Å². The van der Waals surface area contributed by atoms with Crippen LogP contribution in [0.2, 0.25) is 0 Å². The maximum absolute atomic E-state index is 12.8. The average molecular weight is 475 g/mol. The molecule has 0 aliphatic heterocycles. The number of amides is 2. The second-order valence-electron chi connectivity index (χ2n) is 10.4. The van der Waals surface area contributed by atoms with E-state index in [0.29, 0.717) is 28.4 Å². The van der Waals surface area contributed by atoms with E-state index in [0.717, 1.165) is 30.5 Å². The number of phenolic OH excluding ortho intramolecular Hbond substituents is 1. The van der Waals surface area contributed by atoms with Gasteiger partial charge in [0, 0.05) is 34.8 Å². The van der Waals surface area contributed by atoms with Crippen molar-refractivity contribution < 1.29 is 14.7 Å². The number of hydrogen-bond acceptors (Lipinski definition) is 4. The lowest BCUT2D eigenvalue weighted by Gasteiger charge is -2.19. The lowest BCUT2D eigenvalue weighted by Crippen LogP contribution is -2.36. The first kappa shape index (κ1) is 24.5. The largest absolute Gasteiger partial charge is 0.507 e. The zero-order valence-electron chi connectivity index (χ0n) is 21.1. The van der Waals surface area contributed by atoms with Crippen LogP contribution >= 0.6 is 0 Å². The third-order valence-electron chi connectivity index (χ3n) is 6.45. The third-order valence-corrected chi connectivity index (χ3v) is 6.45. The second kappa shape index (κ2) is 9.56. The molecule has 1 heterocycles. The number of nitrogens with one attached hydrogen (secondary N) is 2. The Kier molecular flexibility index (Phi) is 6.70. The zero-order chi connectivity index (χ0) is 25.3. The van der Waals surface area contributed by atoms with Crippen molar-refractivity contribution in [3.63, 3.8) is 0 Å². The van der Waals surface area contributed by atoms with E-state index in [9.17, 15) is 14.7 Å². The molecule has 1 atom stereocenters. The molecule has 7 heteroatoms. The van der Waals surface area contributed by atoms with E-state index < -0.39 is 0 Å². The van der Waals surface area contributed by atoms with Gasteiger partial charge in [-0.3, -0.25) is 4.79 Å². The van der Waals surface area contributed by atoms with Crippen LogP contribution in [-0.4, -0.2) is 32.9 Å². The van der Waals surface area contributed by atoms with E-state index in [1.807, 2.05) is 32.0 Å². The molecule has 35 heavy (non-hydrogen) atoms. The van der Waals surface area contributed by atoms with Crippen molar-refractivity contribution in [2.24, 2.45) is 0 Å². The molecular formula is C28H34N4O3. The summed E-state index contributed by atoms with van der Waals surface area (Å²) in [6.45, 7) is 10.3. The minimum Gasteiger partial charge on any atom is -0.507 e. The molecule has 2 aromatic carbocycles. The lowest BCUT2D eigenvalue weighted by molar-refractivity contribution is 0.102. The van der Waals surface area contributed by atoms with Crippen LogP contribution in [0.3, 0.4) is 0 Å². The molecule has 7 nitrogen and oxygen atoms in total. The Morgan fingerprint density at radius 2 is 1.80 bits per heavy atom. The highest BCUT2D eigenvalue weighted by atomic mass is 16.3. The van der Waals surface area contributed by atoms with Gasteiger partial charge in [-0.25, -0.2) is 4.79 Å². The van der Waals surface area contributed by atoms with Crippen LogP contribution in [0.5, 0.6) is 5.75 Å². The van der Waals surface area contributed by atoms with Gasteiger partial charge < -0.3 is 15.7 Å². The van der Waals surface area contributed by atoms with Crippen LogP contribution in [0.25, 0.3) is 11.3 Å². The summed E-state index contributed by atoms with van der Waals surface area (Å²) in [5.74, 6) is 0.0455. The topological polar surface area (TPSA) is 96.3 Å². The maximum Gasteiger partial charge on any atom is 0.342 e. The molecule has 0 radical (unpaired) electrons. The molecule has 4 rings (SSSR count). The van der Waals surface area contributed by atoms with E-state index >= 15 is 0 Å². The number of carbonyl (C=O) groups is 2. The molecular weight excluding hydrogens is 440 g/mol. The maximum atomic E-state index is 12.8. The van der Waals surface area contributed by atoms with Gasteiger partial charge in [0.2, 0.25) is 0 Å². The first-order valence-electron chi connectivity index (χ1n) is 12.2. The summed E-state index contributed by atoms with van der Waals surface area (Å²) in [6, 6.07) is 14.1. The molecule has 1 aliphatic carbocycles. The van der Waals surface area contributed by atoms with Crippen molar-refractivity contribution in [1.82, 2.24) is 15.1 Å². The number of phenols is 1. The number of benzene rings is 2. The van der Waals surface area contributed by atoms with Gasteiger partial charge in [0.25, 0.3) is 5.91 Å². The fourth-order valence-electron chi connectivity index (χ4n) is 3.88. The first-order chi connectivity index (χ1) is 16.6. The van der Waals surface area contributed by atoms with Crippen molar-refractivity contribution in [3.05, 3.63) is 65.4 Å². The Morgan fingerprint density at radius 3 is 2.37 bits per heavy atom.